The SMILES string of the molecule is Cc1cc(C(F)(F)F)n2nc(N)nc2n1. The maximum Gasteiger partial charge on any atom is 0.433 e. The van der Waals surface area contributed by atoms with Gasteiger partial charge in [-0.25, -0.2) is 4.98 Å². The van der Waals surface area contributed by atoms with Gasteiger partial charge in [0.1, 0.15) is 0 Å². The van der Waals surface area contributed by atoms with Crippen LogP contribution in [0.4, 0.5) is 19.1 Å². The lowest BCUT2D eigenvalue weighted by molar-refractivity contribution is -0.142. The number of nitrogen functional groups attached to an aromatic ring is 1. The number of nitrogens with two attached hydrogens (primary N) is 1. The number of rotatable bonds is 0. The van der Waals surface area contributed by atoms with Crippen molar-refractivity contribution in [1.82, 2.24) is 19.6 Å². The first kappa shape index (κ1) is 9.69. The molecule has 2 N–H and O–H groups in total. The van der Waals surface area contributed by atoms with Gasteiger partial charge in [0.25, 0.3) is 5.78 Å². The third kappa shape index (κ3) is 1.58. The van der Waals surface area contributed by atoms with Gasteiger partial charge < -0.3 is 5.73 Å². The van der Waals surface area contributed by atoms with Crippen LogP contribution in [0.3, 0.4) is 0 Å². The molecule has 15 heavy (non-hydrogen) atoms. The largest absolute Gasteiger partial charge is 0.433 e. The number of hydrogen-bond acceptors (Lipinski definition) is 4. The van der Waals surface area contributed by atoms with Crippen molar-refractivity contribution in [1.29, 1.82) is 0 Å². The van der Waals surface area contributed by atoms with E-state index in [1.165, 1.54) is 6.92 Å². The van der Waals surface area contributed by atoms with Crippen LogP contribution in [-0.2, 0) is 6.18 Å². The molecule has 0 saturated carbocycles. The highest BCUT2D eigenvalue weighted by molar-refractivity contribution is 5.37. The van der Waals surface area contributed by atoms with E-state index in [4.69, 9.17) is 5.73 Å². The minimum Gasteiger partial charge on any atom is -0.366 e. The predicted molar refractivity (Wildman–Crippen MR) is 44.9 cm³/mol. The molecule has 0 spiro atoms. The molecule has 0 amide bonds. The maximum absolute atomic E-state index is 12.5. The van der Waals surface area contributed by atoms with E-state index in [0.717, 1.165) is 6.07 Å². The Balaban J connectivity index is 2.82. The van der Waals surface area contributed by atoms with Crippen LogP contribution in [0.5, 0.6) is 0 Å². The highest BCUT2D eigenvalue weighted by Crippen LogP contribution is 2.29. The van der Waals surface area contributed by atoms with E-state index in [9.17, 15) is 13.2 Å². The molecule has 0 fully saturated rings. The van der Waals surface area contributed by atoms with Crippen LogP contribution in [0, 0.1) is 6.92 Å². The number of alkyl halides is 3. The van der Waals surface area contributed by atoms with Crippen molar-refractivity contribution in [2.24, 2.45) is 0 Å². The molecule has 0 radical (unpaired) electrons. The van der Waals surface area contributed by atoms with Gasteiger partial charge >= 0.3 is 6.18 Å². The fraction of sp³-hybridized carbons (Fsp3) is 0.286. The molecule has 8 heteroatoms. The van der Waals surface area contributed by atoms with E-state index in [1.54, 1.807) is 0 Å². The summed E-state index contributed by atoms with van der Waals surface area (Å²) < 4.78 is 38.2. The van der Waals surface area contributed by atoms with Crippen molar-refractivity contribution in [3.63, 3.8) is 0 Å². The minimum atomic E-state index is -4.51. The molecule has 2 rings (SSSR count). The van der Waals surface area contributed by atoms with Gasteiger partial charge in [-0.1, -0.05) is 0 Å². The molecule has 0 aromatic carbocycles. The molecular formula is C7H6F3N5. The van der Waals surface area contributed by atoms with Crippen LogP contribution in [0.25, 0.3) is 5.78 Å². The van der Waals surface area contributed by atoms with Crippen molar-refractivity contribution in [3.8, 4) is 0 Å². The average molecular weight is 217 g/mol. The van der Waals surface area contributed by atoms with Crippen LogP contribution < -0.4 is 5.73 Å². The number of halogens is 3. The fourth-order valence-corrected chi connectivity index (χ4v) is 1.20. The Morgan fingerprint density at radius 1 is 1.33 bits per heavy atom. The summed E-state index contributed by atoms with van der Waals surface area (Å²) in [5, 5.41) is 3.42. The normalized spacial score (nSPS) is 12.3. The molecular weight excluding hydrogens is 211 g/mol. The van der Waals surface area contributed by atoms with Gasteiger partial charge in [-0.3, -0.25) is 0 Å². The summed E-state index contributed by atoms with van der Waals surface area (Å²) >= 11 is 0. The van der Waals surface area contributed by atoms with E-state index >= 15 is 0 Å². The zero-order chi connectivity index (χ0) is 11.2. The van der Waals surface area contributed by atoms with Crippen molar-refractivity contribution in [2.45, 2.75) is 13.1 Å². The first-order chi connectivity index (χ1) is 6.88. The van der Waals surface area contributed by atoms with E-state index in [2.05, 4.69) is 15.1 Å². The lowest BCUT2D eigenvalue weighted by atomic mass is 10.3. The smallest absolute Gasteiger partial charge is 0.366 e. The summed E-state index contributed by atoms with van der Waals surface area (Å²) in [7, 11) is 0. The van der Waals surface area contributed by atoms with Gasteiger partial charge in [-0.15, -0.1) is 5.10 Å². The van der Waals surface area contributed by atoms with Crippen LogP contribution in [0.15, 0.2) is 6.07 Å². The zero-order valence-electron chi connectivity index (χ0n) is 7.58. The molecule has 0 saturated heterocycles. The second-order valence-electron chi connectivity index (χ2n) is 2.96. The Morgan fingerprint density at radius 2 is 2.00 bits per heavy atom. The Labute approximate surface area is 81.7 Å². The number of aryl methyl sites for hydroxylation is 1. The Bertz CT molecular complexity index is 515. The van der Waals surface area contributed by atoms with E-state index in [1.807, 2.05) is 0 Å². The fourth-order valence-electron chi connectivity index (χ4n) is 1.20. The number of aromatic nitrogens is 4. The molecule has 2 heterocycles. The molecule has 5 nitrogen and oxygen atoms in total. The average Bonchev–Trinajstić information content (AvgIpc) is 2.41. The highest BCUT2D eigenvalue weighted by Gasteiger charge is 2.35. The molecule has 0 bridgehead atoms. The first-order valence-corrected chi connectivity index (χ1v) is 3.95. The molecule has 80 valence electrons. The lowest BCUT2D eigenvalue weighted by Gasteiger charge is -2.07. The highest BCUT2D eigenvalue weighted by atomic mass is 19.4. The van der Waals surface area contributed by atoms with Crippen molar-refractivity contribution >= 4 is 11.7 Å². The van der Waals surface area contributed by atoms with Crippen molar-refractivity contribution in [3.05, 3.63) is 17.5 Å². The molecule has 2 aromatic heterocycles. The minimum absolute atomic E-state index is 0.153. The van der Waals surface area contributed by atoms with Crippen molar-refractivity contribution < 1.29 is 13.2 Å². The quantitative estimate of drug-likeness (QED) is 0.715. The van der Waals surface area contributed by atoms with Gasteiger partial charge in [-0.2, -0.15) is 22.7 Å². The summed E-state index contributed by atoms with van der Waals surface area (Å²) in [6.07, 6.45) is -4.51. The van der Waals surface area contributed by atoms with Gasteiger partial charge in [0.15, 0.2) is 5.69 Å². The molecule has 0 aliphatic carbocycles. The van der Waals surface area contributed by atoms with E-state index < -0.39 is 11.9 Å². The van der Waals surface area contributed by atoms with Crippen LogP contribution in [-0.4, -0.2) is 19.6 Å². The molecule has 0 aliphatic rings. The van der Waals surface area contributed by atoms with E-state index in [-0.39, 0.29) is 17.4 Å². The third-order valence-electron chi connectivity index (χ3n) is 1.75. The van der Waals surface area contributed by atoms with Crippen LogP contribution in [0.1, 0.15) is 11.4 Å². The zero-order valence-corrected chi connectivity index (χ0v) is 7.58. The van der Waals surface area contributed by atoms with Crippen molar-refractivity contribution in [2.75, 3.05) is 5.73 Å². The second kappa shape index (κ2) is 2.81. The predicted octanol–water partition coefficient (Wildman–Crippen LogP) is 1.03. The van der Waals surface area contributed by atoms with Crippen LogP contribution in [0.2, 0.25) is 0 Å². The summed E-state index contributed by atoms with van der Waals surface area (Å²) in [6, 6.07) is 0.890. The summed E-state index contributed by atoms with van der Waals surface area (Å²) in [4.78, 5) is 7.35. The first-order valence-electron chi connectivity index (χ1n) is 3.95. The Morgan fingerprint density at radius 3 is 2.60 bits per heavy atom. The van der Waals surface area contributed by atoms with Gasteiger partial charge in [0.2, 0.25) is 5.95 Å². The van der Waals surface area contributed by atoms with E-state index in [0.29, 0.717) is 4.52 Å². The number of nitrogens with zero attached hydrogens (tertiary/aromatic N) is 4. The summed E-state index contributed by atoms with van der Waals surface area (Å²) in [5.74, 6) is -0.390. The molecule has 0 atom stereocenters. The van der Waals surface area contributed by atoms with Gasteiger partial charge in [0.05, 0.1) is 0 Å². The van der Waals surface area contributed by atoms with Gasteiger partial charge in [-0.05, 0) is 13.0 Å². The maximum atomic E-state index is 12.5. The summed E-state index contributed by atoms with van der Waals surface area (Å²) in [6.45, 7) is 1.44. The monoisotopic (exact) mass is 217 g/mol. The standard InChI is InChI=1S/C7H6F3N5/c1-3-2-4(7(8,9)10)15-6(12-3)13-5(11)14-15/h2H,1H3,(H2,11,14). The number of anilines is 1. The second-order valence-corrected chi connectivity index (χ2v) is 2.96. The van der Waals surface area contributed by atoms with Crippen LogP contribution >= 0.6 is 0 Å². The summed E-state index contributed by atoms with van der Waals surface area (Å²) in [5.41, 5.74) is 4.48. The number of hydrogen-bond donors (Lipinski definition) is 1. The molecule has 0 unspecified atom stereocenters. The topological polar surface area (TPSA) is 69.1 Å². The van der Waals surface area contributed by atoms with Gasteiger partial charge in [0, 0.05) is 5.69 Å². The molecule has 0 aliphatic heterocycles. The molecule has 2 aromatic rings. The lowest BCUT2D eigenvalue weighted by Crippen LogP contribution is -2.13. The third-order valence-corrected chi connectivity index (χ3v) is 1.75. The Kier molecular flexibility index (Phi) is 1.82. The Hall–Kier alpha value is -1.86. The number of fused-ring (bicyclic) bond motifs is 1.